The Balaban J connectivity index is 1.78. The van der Waals surface area contributed by atoms with Gasteiger partial charge in [0.1, 0.15) is 0 Å². The Morgan fingerprint density at radius 1 is 1.31 bits per heavy atom. The largest absolute Gasteiger partial charge is 0.301 e. The van der Waals surface area contributed by atoms with E-state index in [1.807, 2.05) is 0 Å². The first-order valence-corrected chi connectivity index (χ1v) is 6.74. The predicted octanol–water partition coefficient (Wildman–Crippen LogP) is 1.24. The smallest absolute Gasteiger partial charge is 0.0363 e. The summed E-state index contributed by atoms with van der Waals surface area (Å²) in [6, 6.07) is 0. The van der Waals surface area contributed by atoms with Gasteiger partial charge in [-0.3, -0.25) is 4.21 Å². The van der Waals surface area contributed by atoms with Gasteiger partial charge in [-0.15, -0.1) is 0 Å². The molecule has 0 aromatic carbocycles. The van der Waals surface area contributed by atoms with E-state index in [2.05, 4.69) is 11.8 Å². The fourth-order valence-electron chi connectivity index (χ4n) is 2.31. The molecule has 0 bridgehead atoms. The first-order valence-electron chi connectivity index (χ1n) is 5.25. The lowest BCUT2D eigenvalue weighted by molar-refractivity contribution is 0.0905. The van der Waals surface area contributed by atoms with Crippen molar-refractivity contribution in [3.63, 3.8) is 0 Å². The third-order valence-electron chi connectivity index (χ3n) is 3.44. The average molecular weight is 201 g/mol. The fraction of sp³-hybridized carbons (Fsp3) is 1.00. The third kappa shape index (κ3) is 2.32. The van der Waals surface area contributed by atoms with E-state index in [9.17, 15) is 4.21 Å². The van der Waals surface area contributed by atoms with Crippen LogP contribution in [0.5, 0.6) is 0 Å². The summed E-state index contributed by atoms with van der Waals surface area (Å²) in [5.41, 5.74) is 0.596. The van der Waals surface area contributed by atoms with Gasteiger partial charge >= 0.3 is 0 Å². The Labute approximate surface area is 83.1 Å². The van der Waals surface area contributed by atoms with Crippen molar-refractivity contribution in [2.24, 2.45) is 5.41 Å². The minimum absolute atomic E-state index is 0.515. The van der Waals surface area contributed by atoms with Crippen LogP contribution in [0, 0.1) is 5.41 Å². The molecule has 2 nitrogen and oxygen atoms in total. The zero-order valence-corrected chi connectivity index (χ0v) is 9.24. The topological polar surface area (TPSA) is 20.3 Å². The molecule has 0 atom stereocenters. The quantitative estimate of drug-likeness (QED) is 0.670. The van der Waals surface area contributed by atoms with Crippen LogP contribution < -0.4 is 0 Å². The first kappa shape index (κ1) is 9.66. The minimum atomic E-state index is -0.515. The first-order chi connectivity index (χ1) is 6.18. The minimum Gasteiger partial charge on any atom is -0.301 e. The second-order valence-corrected chi connectivity index (χ2v) is 6.48. The third-order valence-corrected chi connectivity index (χ3v) is 4.71. The van der Waals surface area contributed by atoms with Gasteiger partial charge in [-0.1, -0.05) is 13.3 Å². The highest BCUT2D eigenvalue weighted by molar-refractivity contribution is 7.85. The van der Waals surface area contributed by atoms with Gasteiger partial charge in [0, 0.05) is 41.9 Å². The van der Waals surface area contributed by atoms with E-state index in [1.54, 1.807) is 0 Å². The molecule has 1 saturated carbocycles. The lowest BCUT2D eigenvalue weighted by atomic mass is 9.70. The van der Waals surface area contributed by atoms with Crippen LogP contribution in [0.1, 0.15) is 26.2 Å². The molecule has 0 N–H and O–H groups in total. The monoisotopic (exact) mass is 201 g/mol. The molecule has 1 aliphatic heterocycles. The Hall–Kier alpha value is 0.110. The normalized spacial score (nSPS) is 29.9. The van der Waals surface area contributed by atoms with E-state index in [-0.39, 0.29) is 0 Å². The maximum absolute atomic E-state index is 11.1. The maximum atomic E-state index is 11.1. The van der Waals surface area contributed by atoms with Crippen molar-refractivity contribution in [1.82, 2.24) is 4.90 Å². The van der Waals surface area contributed by atoms with Crippen LogP contribution in [0.4, 0.5) is 0 Å². The lowest BCUT2D eigenvalue weighted by Gasteiger charge is -2.43. The van der Waals surface area contributed by atoms with E-state index in [1.165, 1.54) is 25.8 Å². The van der Waals surface area contributed by atoms with Gasteiger partial charge < -0.3 is 4.90 Å². The number of rotatable bonds is 2. The fourth-order valence-corrected chi connectivity index (χ4v) is 3.44. The Bertz CT molecular complexity index is 203. The molecule has 2 rings (SSSR count). The lowest BCUT2D eigenvalue weighted by Crippen LogP contribution is -2.45. The number of hydrogen-bond acceptors (Lipinski definition) is 2. The maximum Gasteiger partial charge on any atom is 0.0363 e. The van der Waals surface area contributed by atoms with Gasteiger partial charge in [-0.05, 0) is 18.3 Å². The van der Waals surface area contributed by atoms with E-state index < -0.39 is 10.8 Å². The predicted molar refractivity (Wildman–Crippen MR) is 56.3 cm³/mol. The molecule has 1 saturated heterocycles. The van der Waals surface area contributed by atoms with Crippen LogP contribution >= 0.6 is 0 Å². The van der Waals surface area contributed by atoms with Crippen molar-refractivity contribution in [3.8, 4) is 0 Å². The van der Waals surface area contributed by atoms with Crippen molar-refractivity contribution in [3.05, 3.63) is 0 Å². The zero-order chi connectivity index (χ0) is 9.31. The van der Waals surface area contributed by atoms with Crippen molar-refractivity contribution in [2.75, 3.05) is 31.1 Å². The van der Waals surface area contributed by atoms with Crippen molar-refractivity contribution < 1.29 is 4.21 Å². The molecule has 76 valence electrons. The molecule has 0 unspecified atom stereocenters. The van der Waals surface area contributed by atoms with E-state index in [0.717, 1.165) is 24.6 Å². The summed E-state index contributed by atoms with van der Waals surface area (Å²) >= 11 is 0. The molecule has 1 aliphatic carbocycles. The molecule has 2 aliphatic rings. The summed E-state index contributed by atoms with van der Waals surface area (Å²) in [5, 5.41) is 0. The summed E-state index contributed by atoms with van der Waals surface area (Å²) in [7, 11) is -0.515. The van der Waals surface area contributed by atoms with Crippen molar-refractivity contribution in [2.45, 2.75) is 26.2 Å². The van der Waals surface area contributed by atoms with Crippen LogP contribution in [0.2, 0.25) is 0 Å². The molecule has 2 fully saturated rings. The van der Waals surface area contributed by atoms with Crippen LogP contribution in [-0.4, -0.2) is 40.2 Å². The Kier molecular flexibility index (Phi) is 2.75. The Morgan fingerprint density at radius 3 is 2.38 bits per heavy atom. The van der Waals surface area contributed by atoms with Gasteiger partial charge in [0.2, 0.25) is 0 Å². The summed E-state index contributed by atoms with van der Waals surface area (Å²) in [6.45, 7) is 5.75. The van der Waals surface area contributed by atoms with Crippen LogP contribution in [0.3, 0.4) is 0 Å². The summed E-state index contributed by atoms with van der Waals surface area (Å²) in [5.74, 6) is 1.80. The van der Waals surface area contributed by atoms with Gasteiger partial charge in [0.05, 0.1) is 0 Å². The van der Waals surface area contributed by atoms with Gasteiger partial charge in [-0.2, -0.15) is 0 Å². The van der Waals surface area contributed by atoms with Crippen LogP contribution in [0.25, 0.3) is 0 Å². The van der Waals surface area contributed by atoms with Crippen molar-refractivity contribution >= 4 is 10.8 Å². The van der Waals surface area contributed by atoms with Gasteiger partial charge in [0.15, 0.2) is 0 Å². The summed E-state index contributed by atoms with van der Waals surface area (Å²) in [4.78, 5) is 2.50. The summed E-state index contributed by atoms with van der Waals surface area (Å²) in [6.07, 6.45) is 4.20. The van der Waals surface area contributed by atoms with Crippen LogP contribution in [0.15, 0.2) is 0 Å². The highest BCUT2D eigenvalue weighted by atomic mass is 32.2. The molecule has 0 aromatic rings. The molecular weight excluding hydrogens is 182 g/mol. The van der Waals surface area contributed by atoms with E-state index in [4.69, 9.17) is 0 Å². The van der Waals surface area contributed by atoms with Crippen LogP contribution in [-0.2, 0) is 10.8 Å². The molecule has 0 radical (unpaired) electrons. The molecule has 1 heterocycles. The second-order valence-electron chi connectivity index (χ2n) is 4.79. The molecule has 3 heteroatoms. The van der Waals surface area contributed by atoms with E-state index in [0.29, 0.717) is 5.41 Å². The summed E-state index contributed by atoms with van der Waals surface area (Å²) < 4.78 is 11.1. The van der Waals surface area contributed by atoms with E-state index >= 15 is 0 Å². The van der Waals surface area contributed by atoms with Gasteiger partial charge in [0.25, 0.3) is 0 Å². The second kappa shape index (κ2) is 3.70. The molecular formula is C10H19NOS. The standard InChI is InChI=1S/C10H19NOS/c1-10(3-2-4-10)9-11-5-7-13(12)8-6-11/h2-9H2,1H3. The molecule has 0 spiro atoms. The number of hydrogen-bond donors (Lipinski definition) is 0. The highest BCUT2D eigenvalue weighted by Crippen LogP contribution is 2.40. The zero-order valence-electron chi connectivity index (χ0n) is 8.42. The van der Waals surface area contributed by atoms with Crippen molar-refractivity contribution in [1.29, 1.82) is 0 Å². The number of nitrogens with zero attached hydrogens (tertiary/aromatic N) is 1. The molecule has 13 heavy (non-hydrogen) atoms. The highest BCUT2D eigenvalue weighted by Gasteiger charge is 2.34. The molecule has 0 aromatic heterocycles. The Morgan fingerprint density at radius 2 is 1.92 bits per heavy atom. The molecule has 0 amide bonds. The van der Waals surface area contributed by atoms with Gasteiger partial charge in [-0.25, -0.2) is 0 Å². The SMILES string of the molecule is CC1(CN2CCS(=O)CC2)CCC1. The average Bonchev–Trinajstić information content (AvgIpc) is 2.06.